The van der Waals surface area contributed by atoms with Gasteiger partial charge in [0.1, 0.15) is 11.5 Å². The Morgan fingerprint density at radius 2 is 1.87 bits per heavy atom. The summed E-state index contributed by atoms with van der Waals surface area (Å²) >= 11 is 7.20. The van der Waals surface area contributed by atoms with Crippen LogP contribution in [0.1, 0.15) is 4.88 Å². The lowest BCUT2D eigenvalue weighted by molar-refractivity contribution is -0.120. The van der Waals surface area contributed by atoms with Crippen LogP contribution >= 0.6 is 22.9 Å². The maximum absolute atomic E-state index is 13.6. The Morgan fingerprint density at radius 3 is 2.63 bits per heavy atom. The SMILES string of the molecule is O=C1C(Nc2ccc3c(c2)OCO3)=C(c2cccs2)C(=O)N1c1ccc(F)c(Cl)c1. The number of hydrogen-bond acceptors (Lipinski definition) is 6. The number of imide groups is 1. The van der Waals surface area contributed by atoms with Crippen molar-refractivity contribution in [2.75, 3.05) is 17.0 Å². The maximum Gasteiger partial charge on any atom is 0.282 e. The molecule has 0 fully saturated rings. The molecule has 30 heavy (non-hydrogen) atoms. The lowest BCUT2D eigenvalue weighted by atomic mass is 10.2. The van der Waals surface area contributed by atoms with Gasteiger partial charge in [0.05, 0.1) is 16.3 Å². The molecule has 2 aliphatic rings. The van der Waals surface area contributed by atoms with Crippen molar-refractivity contribution in [3.63, 3.8) is 0 Å². The highest BCUT2D eigenvalue weighted by molar-refractivity contribution is 7.11. The summed E-state index contributed by atoms with van der Waals surface area (Å²) in [6, 6.07) is 12.4. The maximum atomic E-state index is 13.6. The van der Waals surface area contributed by atoms with E-state index in [-0.39, 0.29) is 28.8 Å². The zero-order valence-corrected chi connectivity index (χ0v) is 16.7. The fourth-order valence-corrected chi connectivity index (χ4v) is 4.22. The first-order valence-electron chi connectivity index (χ1n) is 8.81. The van der Waals surface area contributed by atoms with Crippen LogP contribution in [0.5, 0.6) is 11.5 Å². The average Bonchev–Trinajstić information content (AvgIpc) is 3.45. The lowest BCUT2D eigenvalue weighted by Gasteiger charge is -2.16. The molecule has 1 aromatic heterocycles. The zero-order valence-electron chi connectivity index (χ0n) is 15.1. The lowest BCUT2D eigenvalue weighted by Crippen LogP contribution is -2.32. The quantitative estimate of drug-likeness (QED) is 0.595. The predicted octanol–water partition coefficient (Wildman–Crippen LogP) is 4.67. The number of amides is 2. The summed E-state index contributed by atoms with van der Waals surface area (Å²) in [5.74, 6) is -0.580. The van der Waals surface area contributed by atoms with E-state index >= 15 is 0 Å². The predicted molar refractivity (Wildman–Crippen MR) is 111 cm³/mol. The third-order valence-corrected chi connectivity index (χ3v) is 5.83. The minimum absolute atomic E-state index is 0.113. The Kier molecular flexibility index (Phi) is 4.45. The molecule has 2 aromatic carbocycles. The number of halogens is 2. The number of carbonyl (C=O) groups is 2. The Bertz CT molecular complexity index is 1230. The summed E-state index contributed by atoms with van der Waals surface area (Å²) in [7, 11) is 0. The number of carbonyl (C=O) groups excluding carboxylic acids is 2. The molecule has 2 aliphatic heterocycles. The van der Waals surface area contributed by atoms with Gasteiger partial charge < -0.3 is 14.8 Å². The van der Waals surface area contributed by atoms with Crippen molar-refractivity contribution in [2.45, 2.75) is 0 Å². The van der Waals surface area contributed by atoms with E-state index in [1.54, 1.807) is 30.3 Å². The van der Waals surface area contributed by atoms with Crippen molar-refractivity contribution in [3.05, 3.63) is 75.3 Å². The van der Waals surface area contributed by atoms with Gasteiger partial charge in [-0.25, -0.2) is 9.29 Å². The fraction of sp³-hybridized carbons (Fsp3) is 0.0476. The summed E-state index contributed by atoms with van der Waals surface area (Å²) < 4.78 is 24.3. The van der Waals surface area contributed by atoms with E-state index in [4.69, 9.17) is 21.1 Å². The first-order valence-corrected chi connectivity index (χ1v) is 10.1. The molecule has 3 heterocycles. The number of anilines is 2. The molecule has 0 aliphatic carbocycles. The molecule has 150 valence electrons. The summed E-state index contributed by atoms with van der Waals surface area (Å²) in [6.07, 6.45) is 0. The first-order chi connectivity index (χ1) is 14.5. The van der Waals surface area contributed by atoms with Crippen LogP contribution in [0.15, 0.2) is 59.6 Å². The van der Waals surface area contributed by atoms with Crippen molar-refractivity contribution in [1.29, 1.82) is 0 Å². The molecule has 6 nitrogen and oxygen atoms in total. The molecule has 1 N–H and O–H groups in total. The van der Waals surface area contributed by atoms with Gasteiger partial charge in [0.2, 0.25) is 6.79 Å². The van der Waals surface area contributed by atoms with Crippen molar-refractivity contribution >= 4 is 51.7 Å². The van der Waals surface area contributed by atoms with Crippen LogP contribution < -0.4 is 19.7 Å². The van der Waals surface area contributed by atoms with E-state index in [1.165, 1.54) is 23.5 Å². The van der Waals surface area contributed by atoms with Gasteiger partial charge in [-0.05, 0) is 41.8 Å². The van der Waals surface area contributed by atoms with E-state index < -0.39 is 17.6 Å². The molecule has 0 bridgehead atoms. The molecule has 9 heteroatoms. The van der Waals surface area contributed by atoms with Gasteiger partial charge in [-0.2, -0.15) is 0 Å². The smallest absolute Gasteiger partial charge is 0.282 e. The number of benzene rings is 2. The Balaban J connectivity index is 1.57. The second-order valence-corrected chi connectivity index (χ2v) is 7.82. The first kappa shape index (κ1) is 18.7. The van der Waals surface area contributed by atoms with Crippen LogP contribution in [0.4, 0.5) is 15.8 Å². The van der Waals surface area contributed by atoms with Crippen LogP contribution in [0, 0.1) is 5.82 Å². The standard InChI is InChI=1S/C21H12ClFN2O4S/c22-13-9-12(4-5-14(13)23)25-20(26)18(17-2-1-7-30-17)19(21(25)27)24-11-3-6-15-16(8-11)29-10-28-15/h1-9,24H,10H2. The van der Waals surface area contributed by atoms with Crippen molar-refractivity contribution < 1.29 is 23.5 Å². The molecule has 0 atom stereocenters. The number of nitrogens with one attached hydrogen (secondary N) is 1. The summed E-state index contributed by atoms with van der Waals surface area (Å²) in [5.41, 5.74) is 1.09. The summed E-state index contributed by atoms with van der Waals surface area (Å²) in [4.78, 5) is 28.1. The third-order valence-electron chi connectivity index (χ3n) is 4.65. The molecule has 0 spiro atoms. The second-order valence-electron chi connectivity index (χ2n) is 6.46. The highest BCUT2D eigenvalue weighted by atomic mass is 35.5. The Labute approximate surface area is 179 Å². The monoisotopic (exact) mass is 442 g/mol. The van der Waals surface area contributed by atoms with Gasteiger partial charge in [-0.15, -0.1) is 11.3 Å². The molecule has 0 radical (unpaired) electrons. The van der Waals surface area contributed by atoms with Crippen molar-refractivity contribution in [2.24, 2.45) is 0 Å². The fourth-order valence-electron chi connectivity index (χ4n) is 3.27. The summed E-state index contributed by atoms with van der Waals surface area (Å²) in [6.45, 7) is 0.123. The number of nitrogens with zero attached hydrogens (tertiary/aromatic N) is 1. The molecule has 3 aromatic rings. The molecule has 0 saturated carbocycles. The van der Waals surface area contributed by atoms with Gasteiger partial charge >= 0.3 is 0 Å². The van der Waals surface area contributed by atoms with Crippen LogP contribution in [-0.2, 0) is 9.59 Å². The molecule has 0 unspecified atom stereocenters. The minimum Gasteiger partial charge on any atom is -0.454 e. The zero-order chi connectivity index (χ0) is 20.8. The highest BCUT2D eigenvalue weighted by Gasteiger charge is 2.41. The van der Waals surface area contributed by atoms with Crippen LogP contribution in [0.25, 0.3) is 5.57 Å². The molecule has 2 amide bonds. The Hall–Kier alpha value is -3.36. The third kappa shape index (κ3) is 3.01. The number of ether oxygens (including phenoxy) is 2. The molecule has 0 saturated heterocycles. The van der Waals surface area contributed by atoms with Crippen LogP contribution in [0.3, 0.4) is 0 Å². The molecule has 5 rings (SSSR count). The van der Waals surface area contributed by atoms with Gasteiger partial charge in [-0.3, -0.25) is 9.59 Å². The van der Waals surface area contributed by atoms with Crippen molar-refractivity contribution in [3.8, 4) is 11.5 Å². The normalized spacial score (nSPS) is 15.3. The van der Waals surface area contributed by atoms with E-state index in [9.17, 15) is 14.0 Å². The summed E-state index contributed by atoms with van der Waals surface area (Å²) in [5, 5.41) is 4.68. The van der Waals surface area contributed by atoms with Crippen molar-refractivity contribution in [1.82, 2.24) is 0 Å². The largest absolute Gasteiger partial charge is 0.454 e. The van der Waals surface area contributed by atoms with Gasteiger partial charge in [0.15, 0.2) is 11.5 Å². The topological polar surface area (TPSA) is 67.9 Å². The van der Waals surface area contributed by atoms with E-state index in [2.05, 4.69) is 5.32 Å². The van der Waals surface area contributed by atoms with Crippen LogP contribution in [0.2, 0.25) is 5.02 Å². The number of hydrogen-bond donors (Lipinski definition) is 1. The number of thiophene rings is 1. The van der Waals surface area contributed by atoms with Gasteiger partial charge in [0.25, 0.3) is 11.8 Å². The van der Waals surface area contributed by atoms with E-state index in [0.29, 0.717) is 22.1 Å². The number of fused-ring (bicyclic) bond motifs is 1. The Morgan fingerprint density at radius 1 is 1.03 bits per heavy atom. The molecular formula is C21H12ClFN2O4S. The number of rotatable bonds is 4. The van der Waals surface area contributed by atoms with Crippen LogP contribution in [-0.4, -0.2) is 18.6 Å². The second kappa shape index (κ2) is 7.16. The average molecular weight is 443 g/mol. The van der Waals surface area contributed by atoms with Gasteiger partial charge in [-0.1, -0.05) is 17.7 Å². The van der Waals surface area contributed by atoms with E-state index in [0.717, 1.165) is 11.0 Å². The van der Waals surface area contributed by atoms with E-state index in [1.807, 2.05) is 5.38 Å². The molecular weight excluding hydrogens is 431 g/mol. The minimum atomic E-state index is -0.635. The van der Waals surface area contributed by atoms with Gasteiger partial charge in [0, 0.05) is 16.6 Å². The highest BCUT2D eigenvalue weighted by Crippen LogP contribution is 2.38.